The van der Waals surface area contributed by atoms with E-state index in [1.54, 1.807) is 6.07 Å². The van der Waals surface area contributed by atoms with E-state index in [0.29, 0.717) is 18.1 Å². The van der Waals surface area contributed by atoms with Gasteiger partial charge in [0.25, 0.3) is 5.89 Å². The van der Waals surface area contributed by atoms with Crippen molar-refractivity contribution < 1.29 is 13.7 Å². The Morgan fingerprint density at radius 3 is 2.67 bits per heavy atom. The first kappa shape index (κ1) is 15.4. The third kappa shape index (κ3) is 3.39. The average molecular weight is 293 g/mol. The first-order valence-electron chi connectivity index (χ1n) is 6.83. The lowest BCUT2D eigenvalue weighted by Gasteiger charge is -2.27. The van der Waals surface area contributed by atoms with E-state index >= 15 is 0 Å². The highest BCUT2D eigenvalue weighted by atomic mass is 19.1. The number of ether oxygens (including phenoxy) is 1. The predicted octanol–water partition coefficient (Wildman–Crippen LogP) is 3.58. The minimum atomic E-state index is -0.492. The molecular weight excluding hydrogens is 273 g/mol. The highest BCUT2D eigenvalue weighted by Gasteiger charge is 2.31. The van der Waals surface area contributed by atoms with Crippen LogP contribution >= 0.6 is 0 Å². The minimum Gasteiger partial charge on any atom is -0.399 e. The summed E-state index contributed by atoms with van der Waals surface area (Å²) in [4.78, 5) is 4.27. The van der Waals surface area contributed by atoms with Gasteiger partial charge < -0.3 is 15.0 Å². The number of nitrogen functional groups attached to an aromatic ring is 1. The molecule has 21 heavy (non-hydrogen) atoms. The topological polar surface area (TPSA) is 74.2 Å². The van der Waals surface area contributed by atoms with Crippen molar-refractivity contribution in [1.29, 1.82) is 0 Å². The van der Waals surface area contributed by atoms with E-state index in [1.807, 2.05) is 27.7 Å². The van der Waals surface area contributed by atoms with Crippen LogP contribution in [0.4, 0.5) is 10.1 Å². The summed E-state index contributed by atoms with van der Waals surface area (Å²) in [5.41, 5.74) is 5.91. The SMILES string of the molecule is CCOC(c1noc(-c2ccc(N)cc2F)n1)C(C)(C)C. The minimum absolute atomic E-state index is 0.122. The van der Waals surface area contributed by atoms with Gasteiger partial charge in [0, 0.05) is 12.3 Å². The zero-order valence-electron chi connectivity index (χ0n) is 12.7. The van der Waals surface area contributed by atoms with E-state index in [0.717, 1.165) is 0 Å². The van der Waals surface area contributed by atoms with Crippen LogP contribution in [0.15, 0.2) is 22.7 Å². The molecular formula is C15H20FN3O2. The summed E-state index contributed by atoms with van der Waals surface area (Å²) in [6.45, 7) is 8.49. The van der Waals surface area contributed by atoms with Crippen molar-refractivity contribution in [2.45, 2.75) is 33.8 Å². The summed E-state index contributed by atoms with van der Waals surface area (Å²) in [7, 11) is 0. The molecule has 1 aromatic heterocycles. The molecule has 0 radical (unpaired) electrons. The largest absolute Gasteiger partial charge is 0.399 e. The quantitative estimate of drug-likeness (QED) is 0.872. The highest BCUT2D eigenvalue weighted by molar-refractivity contribution is 5.58. The molecule has 2 aromatic rings. The normalized spacial score (nSPS) is 13.4. The third-order valence-corrected chi connectivity index (χ3v) is 3.02. The summed E-state index contributed by atoms with van der Waals surface area (Å²) < 4.78 is 24.8. The lowest BCUT2D eigenvalue weighted by Crippen LogP contribution is -2.22. The molecule has 0 saturated carbocycles. The van der Waals surface area contributed by atoms with Gasteiger partial charge in [0.2, 0.25) is 5.82 Å². The fraction of sp³-hybridized carbons (Fsp3) is 0.467. The molecule has 0 saturated heterocycles. The van der Waals surface area contributed by atoms with E-state index in [2.05, 4.69) is 10.1 Å². The zero-order chi connectivity index (χ0) is 15.6. The van der Waals surface area contributed by atoms with E-state index < -0.39 is 5.82 Å². The Balaban J connectivity index is 2.36. The fourth-order valence-electron chi connectivity index (χ4n) is 2.03. The molecule has 0 spiro atoms. The molecule has 1 aromatic carbocycles. The zero-order valence-corrected chi connectivity index (χ0v) is 12.7. The first-order chi connectivity index (χ1) is 9.82. The van der Waals surface area contributed by atoms with E-state index in [9.17, 15) is 4.39 Å². The van der Waals surface area contributed by atoms with Gasteiger partial charge in [-0.2, -0.15) is 4.98 Å². The number of hydrogen-bond donors (Lipinski definition) is 1. The van der Waals surface area contributed by atoms with Gasteiger partial charge in [-0.15, -0.1) is 0 Å². The second-order valence-electron chi connectivity index (χ2n) is 5.90. The standard InChI is InChI=1S/C15H20FN3O2/c1-5-20-12(15(2,3)4)13-18-14(21-19-13)10-7-6-9(17)8-11(10)16/h6-8,12H,5,17H2,1-4H3. The number of nitrogens with two attached hydrogens (primary N) is 1. The first-order valence-corrected chi connectivity index (χ1v) is 6.83. The van der Waals surface area contributed by atoms with E-state index in [4.69, 9.17) is 15.0 Å². The molecule has 114 valence electrons. The highest BCUT2D eigenvalue weighted by Crippen LogP contribution is 2.35. The molecule has 0 aliphatic carbocycles. The van der Waals surface area contributed by atoms with Gasteiger partial charge in [-0.1, -0.05) is 25.9 Å². The number of benzene rings is 1. The molecule has 5 nitrogen and oxygen atoms in total. The van der Waals surface area contributed by atoms with Crippen LogP contribution in [0, 0.1) is 11.2 Å². The molecule has 2 rings (SSSR count). The van der Waals surface area contributed by atoms with Crippen molar-refractivity contribution >= 4 is 5.69 Å². The summed E-state index contributed by atoms with van der Waals surface area (Å²) in [6.07, 6.45) is -0.322. The van der Waals surface area contributed by atoms with Crippen LogP contribution in [-0.2, 0) is 4.74 Å². The van der Waals surface area contributed by atoms with Gasteiger partial charge in [-0.05, 0) is 30.5 Å². The number of nitrogens with zero attached hydrogens (tertiary/aromatic N) is 2. The third-order valence-electron chi connectivity index (χ3n) is 3.02. The van der Waals surface area contributed by atoms with Crippen molar-refractivity contribution in [2.24, 2.45) is 5.41 Å². The Bertz CT molecular complexity index is 620. The van der Waals surface area contributed by atoms with Crippen LogP contribution in [-0.4, -0.2) is 16.7 Å². The number of aromatic nitrogens is 2. The lowest BCUT2D eigenvalue weighted by molar-refractivity contribution is -0.0203. The van der Waals surface area contributed by atoms with Crippen LogP contribution in [0.5, 0.6) is 0 Å². The molecule has 0 bridgehead atoms. The molecule has 6 heteroatoms. The average Bonchev–Trinajstić information content (AvgIpc) is 2.83. The van der Waals surface area contributed by atoms with Gasteiger partial charge in [-0.3, -0.25) is 0 Å². The van der Waals surface area contributed by atoms with E-state index in [-0.39, 0.29) is 23.0 Å². The van der Waals surface area contributed by atoms with Crippen molar-refractivity contribution in [2.75, 3.05) is 12.3 Å². The van der Waals surface area contributed by atoms with Crippen molar-refractivity contribution in [3.8, 4) is 11.5 Å². The predicted molar refractivity (Wildman–Crippen MR) is 77.9 cm³/mol. The van der Waals surface area contributed by atoms with E-state index in [1.165, 1.54) is 12.1 Å². The summed E-state index contributed by atoms with van der Waals surface area (Å²) in [5, 5.41) is 3.93. The van der Waals surface area contributed by atoms with Crippen molar-refractivity contribution in [1.82, 2.24) is 10.1 Å². The number of hydrogen-bond acceptors (Lipinski definition) is 5. The Hall–Kier alpha value is -1.95. The number of halogens is 1. The second kappa shape index (κ2) is 5.81. The summed E-state index contributed by atoms with van der Waals surface area (Å²) in [5.74, 6) is 0.0425. The van der Waals surface area contributed by atoms with Gasteiger partial charge in [-0.25, -0.2) is 4.39 Å². The maximum Gasteiger partial charge on any atom is 0.260 e. The van der Waals surface area contributed by atoms with Crippen LogP contribution in [0.2, 0.25) is 0 Å². The van der Waals surface area contributed by atoms with Gasteiger partial charge in [0.15, 0.2) is 0 Å². The van der Waals surface area contributed by atoms with Crippen LogP contribution in [0.3, 0.4) is 0 Å². The van der Waals surface area contributed by atoms with Crippen molar-refractivity contribution in [3.63, 3.8) is 0 Å². The number of rotatable bonds is 4. The summed E-state index contributed by atoms with van der Waals surface area (Å²) >= 11 is 0. The Kier molecular flexibility index (Phi) is 4.27. The molecule has 0 fully saturated rings. The number of anilines is 1. The Morgan fingerprint density at radius 1 is 1.38 bits per heavy atom. The Labute approximate surface area is 123 Å². The van der Waals surface area contributed by atoms with Gasteiger partial charge in [0.1, 0.15) is 11.9 Å². The summed E-state index contributed by atoms with van der Waals surface area (Å²) in [6, 6.07) is 4.34. The molecule has 1 atom stereocenters. The second-order valence-corrected chi connectivity index (χ2v) is 5.90. The molecule has 2 N–H and O–H groups in total. The van der Waals surface area contributed by atoms with Crippen molar-refractivity contribution in [3.05, 3.63) is 29.8 Å². The molecule has 0 aliphatic heterocycles. The van der Waals surface area contributed by atoms with Crippen LogP contribution < -0.4 is 5.73 Å². The fourth-order valence-corrected chi connectivity index (χ4v) is 2.03. The Morgan fingerprint density at radius 2 is 2.10 bits per heavy atom. The molecule has 1 unspecified atom stereocenters. The van der Waals surface area contributed by atoms with Crippen LogP contribution in [0.1, 0.15) is 39.6 Å². The molecule has 0 amide bonds. The smallest absolute Gasteiger partial charge is 0.260 e. The monoisotopic (exact) mass is 293 g/mol. The van der Waals surface area contributed by atoms with Gasteiger partial charge in [0.05, 0.1) is 5.56 Å². The molecule has 1 heterocycles. The van der Waals surface area contributed by atoms with Crippen LogP contribution in [0.25, 0.3) is 11.5 Å². The maximum atomic E-state index is 13.9. The van der Waals surface area contributed by atoms with Gasteiger partial charge >= 0.3 is 0 Å². The maximum absolute atomic E-state index is 13.9. The molecule has 0 aliphatic rings. The lowest BCUT2D eigenvalue weighted by atomic mass is 9.88.